The van der Waals surface area contributed by atoms with Crippen molar-refractivity contribution in [2.45, 2.75) is 6.54 Å². The van der Waals surface area contributed by atoms with E-state index >= 15 is 0 Å². The Bertz CT molecular complexity index is 1320. The molecule has 1 aliphatic heterocycles. The highest BCUT2D eigenvalue weighted by molar-refractivity contribution is 5.98. The maximum absolute atomic E-state index is 12.9. The summed E-state index contributed by atoms with van der Waals surface area (Å²) < 4.78 is 6.15. The molecule has 1 saturated heterocycles. The molecule has 1 aromatic heterocycles. The maximum Gasteiger partial charge on any atom is 0.329 e. The number of piperazine rings is 1. The number of anilines is 1. The van der Waals surface area contributed by atoms with Crippen molar-refractivity contribution in [2.24, 2.45) is 0 Å². The largest absolute Gasteiger partial charge is 0.495 e. The van der Waals surface area contributed by atoms with Gasteiger partial charge in [-0.05, 0) is 37.4 Å². The fraction of sp³-hybridized carbons (Fsp3) is 0.304. The van der Waals surface area contributed by atoms with Crippen molar-refractivity contribution in [3.63, 3.8) is 0 Å². The molecule has 2 heterocycles. The lowest BCUT2D eigenvalue weighted by molar-refractivity contribution is -0.116. The number of amides is 2. The number of hydrogen-bond acceptors (Lipinski definition) is 6. The van der Waals surface area contributed by atoms with E-state index in [2.05, 4.69) is 15.2 Å². The normalized spacial score (nSPS) is 14.3. The van der Waals surface area contributed by atoms with Gasteiger partial charge in [0.1, 0.15) is 12.3 Å². The van der Waals surface area contributed by atoms with E-state index < -0.39 is 23.7 Å². The zero-order valence-corrected chi connectivity index (χ0v) is 18.5. The fourth-order valence-electron chi connectivity index (χ4n) is 3.81. The SMILES string of the molecule is COc1ccc(C(=O)N2CCN(C)CC2)cc1NC(=O)Cn1c(=O)[nH]c2ccccc2c1=O. The summed E-state index contributed by atoms with van der Waals surface area (Å²) in [6, 6.07) is 11.4. The van der Waals surface area contributed by atoms with Crippen molar-refractivity contribution in [3.8, 4) is 5.75 Å². The predicted molar refractivity (Wildman–Crippen MR) is 124 cm³/mol. The molecule has 3 aromatic rings. The Morgan fingerprint density at radius 2 is 1.79 bits per heavy atom. The van der Waals surface area contributed by atoms with Gasteiger partial charge in [0.2, 0.25) is 5.91 Å². The zero-order chi connectivity index (χ0) is 23.5. The number of rotatable bonds is 5. The van der Waals surface area contributed by atoms with Gasteiger partial charge in [0, 0.05) is 31.7 Å². The predicted octanol–water partition coefficient (Wildman–Crippen LogP) is 0.725. The van der Waals surface area contributed by atoms with Gasteiger partial charge in [0.05, 0.1) is 23.7 Å². The average molecular weight is 451 g/mol. The first kappa shape index (κ1) is 22.3. The molecular weight excluding hydrogens is 426 g/mol. The molecule has 2 amide bonds. The molecule has 33 heavy (non-hydrogen) atoms. The van der Waals surface area contributed by atoms with Crippen molar-refractivity contribution in [2.75, 3.05) is 45.7 Å². The molecule has 0 saturated carbocycles. The van der Waals surface area contributed by atoms with Gasteiger partial charge in [0.15, 0.2) is 0 Å². The molecular formula is C23H25N5O5. The highest BCUT2D eigenvalue weighted by Crippen LogP contribution is 2.26. The smallest absolute Gasteiger partial charge is 0.329 e. The Hall–Kier alpha value is -3.92. The van der Waals surface area contributed by atoms with E-state index in [0.29, 0.717) is 35.3 Å². The van der Waals surface area contributed by atoms with Crippen molar-refractivity contribution in [3.05, 3.63) is 68.9 Å². The van der Waals surface area contributed by atoms with Gasteiger partial charge in [0.25, 0.3) is 11.5 Å². The van der Waals surface area contributed by atoms with Crippen LogP contribution in [-0.2, 0) is 11.3 Å². The number of ether oxygens (including phenoxy) is 1. The second-order valence-corrected chi connectivity index (χ2v) is 7.93. The molecule has 2 aromatic carbocycles. The summed E-state index contributed by atoms with van der Waals surface area (Å²) in [4.78, 5) is 57.2. The molecule has 0 radical (unpaired) electrons. The summed E-state index contributed by atoms with van der Waals surface area (Å²) in [6.45, 7) is 2.34. The van der Waals surface area contributed by atoms with Crippen LogP contribution in [0.5, 0.6) is 5.75 Å². The lowest BCUT2D eigenvalue weighted by Crippen LogP contribution is -2.47. The van der Waals surface area contributed by atoms with E-state index in [9.17, 15) is 19.2 Å². The molecule has 172 valence electrons. The van der Waals surface area contributed by atoms with E-state index in [-0.39, 0.29) is 11.6 Å². The third-order valence-electron chi connectivity index (χ3n) is 5.70. The average Bonchev–Trinajstić information content (AvgIpc) is 2.82. The molecule has 0 bridgehead atoms. The number of para-hydroxylation sites is 1. The van der Waals surface area contributed by atoms with Crippen LogP contribution in [0.15, 0.2) is 52.1 Å². The minimum atomic E-state index is -0.681. The third-order valence-corrected chi connectivity index (χ3v) is 5.70. The van der Waals surface area contributed by atoms with Gasteiger partial charge < -0.3 is 24.8 Å². The lowest BCUT2D eigenvalue weighted by Gasteiger charge is -2.32. The van der Waals surface area contributed by atoms with E-state index in [1.807, 2.05) is 7.05 Å². The Labute approximate surface area is 189 Å². The van der Waals surface area contributed by atoms with Gasteiger partial charge >= 0.3 is 5.69 Å². The minimum Gasteiger partial charge on any atom is -0.495 e. The minimum absolute atomic E-state index is 0.136. The summed E-state index contributed by atoms with van der Waals surface area (Å²) in [5.74, 6) is -0.373. The van der Waals surface area contributed by atoms with E-state index in [1.165, 1.54) is 7.11 Å². The highest BCUT2D eigenvalue weighted by atomic mass is 16.5. The second-order valence-electron chi connectivity index (χ2n) is 7.93. The number of methoxy groups -OCH3 is 1. The zero-order valence-electron chi connectivity index (χ0n) is 18.5. The van der Waals surface area contributed by atoms with Crippen molar-refractivity contribution in [1.29, 1.82) is 0 Å². The topological polar surface area (TPSA) is 117 Å². The maximum atomic E-state index is 12.9. The van der Waals surface area contributed by atoms with Crippen LogP contribution in [0, 0.1) is 0 Å². The summed E-state index contributed by atoms with van der Waals surface area (Å²) in [6.07, 6.45) is 0. The van der Waals surface area contributed by atoms with Crippen LogP contribution in [-0.4, -0.2) is 71.5 Å². The van der Waals surface area contributed by atoms with Crippen molar-refractivity contribution >= 4 is 28.4 Å². The highest BCUT2D eigenvalue weighted by Gasteiger charge is 2.22. The summed E-state index contributed by atoms with van der Waals surface area (Å²) in [7, 11) is 3.46. The summed E-state index contributed by atoms with van der Waals surface area (Å²) in [5, 5.41) is 2.97. The van der Waals surface area contributed by atoms with Crippen LogP contribution in [0.4, 0.5) is 5.69 Å². The summed E-state index contributed by atoms with van der Waals surface area (Å²) >= 11 is 0. The Kier molecular flexibility index (Phi) is 6.27. The number of carbonyl (C=O) groups is 2. The monoisotopic (exact) mass is 451 g/mol. The number of hydrogen-bond donors (Lipinski definition) is 2. The molecule has 2 N–H and O–H groups in total. The molecule has 0 unspecified atom stereocenters. The molecule has 10 nitrogen and oxygen atoms in total. The van der Waals surface area contributed by atoms with E-state index in [1.54, 1.807) is 47.4 Å². The number of aromatic amines is 1. The molecule has 0 aliphatic carbocycles. The second kappa shape index (κ2) is 9.29. The van der Waals surface area contributed by atoms with E-state index in [0.717, 1.165) is 17.7 Å². The quantitative estimate of drug-likeness (QED) is 0.591. The van der Waals surface area contributed by atoms with Crippen LogP contribution in [0.3, 0.4) is 0 Å². The Balaban J connectivity index is 1.56. The Morgan fingerprint density at radius 1 is 1.06 bits per heavy atom. The number of benzene rings is 2. The first-order chi connectivity index (χ1) is 15.9. The summed E-state index contributed by atoms with van der Waals surface area (Å²) in [5.41, 5.74) is -0.139. The Morgan fingerprint density at radius 3 is 2.52 bits per heavy atom. The van der Waals surface area contributed by atoms with Gasteiger partial charge in [-0.3, -0.25) is 19.0 Å². The van der Waals surface area contributed by atoms with Gasteiger partial charge in [-0.2, -0.15) is 0 Å². The standard InChI is InChI=1S/C23H25N5O5/c1-26-9-11-27(12-10-26)21(30)15-7-8-19(33-2)18(13-15)24-20(29)14-28-22(31)16-5-3-4-6-17(16)25-23(28)32/h3-8,13H,9-12,14H2,1-2H3,(H,24,29)(H,25,32). The van der Waals surface area contributed by atoms with Crippen LogP contribution >= 0.6 is 0 Å². The fourth-order valence-corrected chi connectivity index (χ4v) is 3.81. The van der Waals surface area contributed by atoms with Crippen LogP contribution in [0.1, 0.15) is 10.4 Å². The molecule has 10 heteroatoms. The molecule has 0 atom stereocenters. The first-order valence-electron chi connectivity index (χ1n) is 10.5. The number of aromatic nitrogens is 2. The van der Waals surface area contributed by atoms with Crippen LogP contribution in [0.2, 0.25) is 0 Å². The van der Waals surface area contributed by atoms with E-state index in [4.69, 9.17) is 4.74 Å². The van der Waals surface area contributed by atoms with Crippen LogP contribution < -0.4 is 21.3 Å². The van der Waals surface area contributed by atoms with Gasteiger partial charge in [-0.15, -0.1) is 0 Å². The molecule has 4 rings (SSSR count). The van der Waals surface area contributed by atoms with Crippen molar-refractivity contribution < 1.29 is 14.3 Å². The molecule has 1 fully saturated rings. The molecule has 1 aliphatic rings. The van der Waals surface area contributed by atoms with Gasteiger partial charge in [-0.1, -0.05) is 12.1 Å². The number of nitrogens with one attached hydrogen (secondary N) is 2. The number of carbonyl (C=O) groups excluding carboxylic acids is 2. The third kappa shape index (κ3) is 4.65. The number of H-pyrrole nitrogens is 1. The lowest BCUT2D eigenvalue weighted by atomic mass is 10.1. The number of nitrogens with zero attached hydrogens (tertiary/aromatic N) is 3. The van der Waals surface area contributed by atoms with Crippen molar-refractivity contribution in [1.82, 2.24) is 19.4 Å². The first-order valence-corrected chi connectivity index (χ1v) is 10.5. The number of likely N-dealkylation sites (N-methyl/N-ethyl adjacent to an activating group) is 1. The molecule has 0 spiro atoms. The van der Waals surface area contributed by atoms with Crippen LogP contribution in [0.25, 0.3) is 10.9 Å². The van der Waals surface area contributed by atoms with Gasteiger partial charge in [-0.25, -0.2) is 4.79 Å². The number of fused-ring (bicyclic) bond motifs is 1.